The van der Waals surface area contributed by atoms with Gasteiger partial charge in [-0.2, -0.15) is 5.10 Å². The van der Waals surface area contributed by atoms with E-state index in [1.807, 2.05) is 24.4 Å². The first-order valence-corrected chi connectivity index (χ1v) is 14.2. The number of ether oxygens (including phenoxy) is 1. The normalized spacial score (nSPS) is 15.4. The summed E-state index contributed by atoms with van der Waals surface area (Å²) in [5.41, 5.74) is 13.9. The molecule has 3 aromatic carbocycles. The minimum Gasteiger partial charge on any atom is -0.489 e. The molecule has 7 heteroatoms. The molecule has 0 unspecified atom stereocenters. The number of fused-ring (bicyclic) bond motifs is 2. The number of hydrazone groups is 1. The summed E-state index contributed by atoms with van der Waals surface area (Å²) in [6.45, 7) is 7.44. The highest BCUT2D eigenvalue weighted by atomic mass is 16.5. The van der Waals surface area contributed by atoms with Gasteiger partial charge in [-0.25, -0.2) is 0 Å². The van der Waals surface area contributed by atoms with Gasteiger partial charge >= 0.3 is 0 Å². The fourth-order valence-corrected chi connectivity index (χ4v) is 5.78. The Morgan fingerprint density at radius 1 is 0.878 bits per heavy atom. The van der Waals surface area contributed by atoms with Gasteiger partial charge < -0.3 is 24.9 Å². The van der Waals surface area contributed by atoms with E-state index in [-0.39, 0.29) is 0 Å². The van der Waals surface area contributed by atoms with Gasteiger partial charge in [0.25, 0.3) is 0 Å². The highest BCUT2D eigenvalue weighted by Crippen LogP contribution is 2.32. The number of hydrogen-bond acceptors (Lipinski definition) is 6. The number of aromatic nitrogens is 2. The van der Waals surface area contributed by atoms with E-state index in [0.717, 1.165) is 82.4 Å². The number of benzene rings is 3. The van der Waals surface area contributed by atoms with Gasteiger partial charge in [-0.05, 0) is 67.1 Å². The van der Waals surface area contributed by atoms with Gasteiger partial charge in [-0.1, -0.05) is 42.5 Å². The second-order valence-electron chi connectivity index (χ2n) is 11.0. The molecule has 2 N–H and O–H groups in total. The van der Waals surface area contributed by atoms with Crippen LogP contribution >= 0.6 is 0 Å². The molecule has 0 bridgehead atoms. The van der Waals surface area contributed by atoms with E-state index >= 15 is 0 Å². The molecule has 0 amide bonds. The lowest BCUT2D eigenvalue weighted by molar-refractivity contribution is 0.306. The van der Waals surface area contributed by atoms with Gasteiger partial charge in [-0.3, -0.25) is 4.98 Å². The number of anilines is 1. The van der Waals surface area contributed by atoms with Crippen LogP contribution in [0.5, 0.6) is 5.75 Å². The van der Waals surface area contributed by atoms with Crippen LogP contribution in [0.25, 0.3) is 22.0 Å². The third-order valence-electron chi connectivity index (χ3n) is 8.04. The Morgan fingerprint density at radius 3 is 2.59 bits per heavy atom. The molecule has 0 atom stereocenters. The van der Waals surface area contributed by atoms with Crippen LogP contribution in [0.15, 0.2) is 90.2 Å². The smallest absolute Gasteiger partial charge is 0.120 e. The molecule has 2 aliphatic heterocycles. The summed E-state index contributed by atoms with van der Waals surface area (Å²) in [5.74, 6) is 0.851. The van der Waals surface area contributed by atoms with Crippen LogP contribution in [0.3, 0.4) is 0 Å². The number of aromatic amines is 1. The number of aryl methyl sites for hydroxylation is 1. The number of pyridine rings is 1. The molecule has 7 rings (SSSR count). The number of H-pyrrole nitrogens is 1. The van der Waals surface area contributed by atoms with Crippen molar-refractivity contribution >= 4 is 22.3 Å². The predicted molar refractivity (Wildman–Crippen MR) is 166 cm³/mol. The third kappa shape index (κ3) is 5.16. The van der Waals surface area contributed by atoms with Crippen molar-refractivity contribution in [1.82, 2.24) is 20.3 Å². The quantitative estimate of drug-likeness (QED) is 0.287. The van der Waals surface area contributed by atoms with Gasteiger partial charge in [-0.15, -0.1) is 0 Å². The number of piperazine rings is 1. The molecule has 0 aliphatic carbocycles. The summed E-state index contributed by atoms with van der Waals surface area (Å²) in [4.78, 5) is 13.4. The van der Waals surface area contributed by atoms with E-state index in [2.05, 4.69) is 94.8 Å². The summed E-state index contributed by atoms with van der Waals surface area (Å²) in [5, 5.41) is 6.00. The van der Waals surface area contributed by atoms with Crippen LogP contribution in [-0.4, -0.2) is 53.8 Å². The van der Waals surface area contributed by atoms with E-state index in [1.165, 1.54) is 11.1 Å². The highest BCUT2D eigenvalue weighted by Gasteiger charge is 2.22. The molecule has 7 nitrogen and oxygen atoms in total. The summed E-state index contributed by atoms with van der Waals surface area (Å²) in [6.07, 6.45) is 1.95. The average molecular weight is 543 g/mol. The summed E-state index contributed by atoms with van der Waals surface area (Å²) in [6, 6.07) is 27.6. The van der Waals surface area contributed by atoms with Crippen molar-refractivity contribution in [1.29, 1.82) is 0 Å². The fraction of sp³-hybridized carbons (Fsp3) is 0.235. The number of rotatable bonds is 6. The van der Waals surface area contributed by atoms with Crippen LogP contribution in [0.4, 0.5) is 5.69 Å². The van der Waals surface area contributed by atoms with E-state index in [1.54, 1.807) is 0 Å². The highest BCUT2D eigenvalue weighted by molar-refractivity contribution is 6.15. The first-order valence-electron chi connectivity index (χ1n) is 14.2. The predicted octanol–water partition coefficient (Wildman–Crippen LogP) is 5.72. The number of likely N-dealkylation sites (N-methyl/N-ethyl adjacent to an activating group) is 1. The third-order valence-corrected chi connectivity index (χ3v) is 8.04. The fourth-order valence-electron chi connectivity index (χ4n) is 5.78. The zero-order valence-corrected chi connectivity index (χ0v) is 23.5. The topological polar surface area (TPSA) is 68.8 Å². The second-order valence-corrected chi connectivity index (χ2v) is 11.0. The number of hydrogen-bond donors (Lipinski definition) is 2. The maximum Gasteiger partial charge on any atom is 0.120 e. The van der Waals surface area contributed by atoms with Gasteiger partial charge in [0, 0.05) is 60.1 Å². The SMILES string of the molecule is Cc1cc(OCc2ccccc2)cc(-c2cnc3c(c2)C(c2cc4c(N5CCN(C)CC5)cccc4[nH]2)=NNC3)c1. The van der Waals surface area contributed by atoms with Crippen molar-refractivity contribution in [3.05, 3.63) is 113 Å². The monoisotopic (exact) mass is 542 g/mol. The molecule has 41 heavy (non-hydrogen) atoms. The standard InChI is InChI=1S/C34H34N6O/c1-23-15-25(17-27(16-23)41-22-24-7-4-3-5-8-24)26-18-29-32(35-20-26)21-36-38-34(29)31-19-28-30(37-31)9-6-10-33(28)40-13-11-39(2)12-14-40/h3-10,15-20,36-37H,11-14,21-22H2,1-2H3. The maximum absolute atomic E-state index is 6.17. The molecule has 0 radical (unpaired) electrons. The Kier molecular flexibility index (Phi) is 6.65. The number of nitrogens with one attached hydrogen (secondary N) is 2. The van der Waals surface area contributed by atoms with Gasteiger partial charge in [0.05, 0.1) is 17.9 Å². The number of nitrogens with zero attached hydrogens (tertiary/aromatic N) is 4. The van der Waals surface area contributed by atoms with Crippen LogP contribution in [-0.2, 0) is 13.2 Å². The molecule has 2 aromatic heterocycles. The lowest BCUT2D eigenvalue weighted by Gasteiger charge is -2.34. The summed E-state index contributed by atoms with van der Waals surface area (Å²) >= 11 is 0. The molecule has 4 heterocycles. The first kappa shape index (κ1) is 25.4. The van der Waals surface area contributed by atoms with Crippen LogP contribution in [0.2, 0.25) is 0 Å². The van der Waals surface area contributed by atoms with E-state index in [4.69, 9.17) is 14.8 Å². The Morgan fingerprint density at radius 2 is 1.73 bits per heavy atom. The van der Waals surface area contributed by atoms with Crippen LogP contribution < -0.4 is 15.1 Å². The van der Waals surface area contributed by atoms with E-state index < -0.39 is 0 Å². The molecule has 1 fully saturated rings. The Hall–Kier alpha value is -4.62. The zero-order chi connectivity index (χ0) is 27.8. The Labute approximate surface area is 240 Å². The maximum atomic E-state index is 6.17. The van der Waals surface area contributed by atoms with E-state index in [9.17, 15) is 0 Å². The van der Waals surface area contributed by atoms with Crippen molar-refractivity contribution in [2.45, 2.75) is 20.1 Å². The van der Waals surface area contributed by atoms with Crippen LogP contribution in [0.1, 0.15) is 28.1 Å². The second kappa shape index (κ2) is 10.7. The Bertz CT molecular complexity index is 1730. The minimum absolute atomic E-state index is 0.533. The van der Waals surface area contributed by atoms with Crippen molar-refractivity contribution in [3.8, 4) is 16.9 Å². The summed E-state index contributed by atoms with van der Waals surface area (Å²) < 4.78 is 6.17. The van der Waals surface area contributed by atoms with Gasteiger partial charge in [0.1, 0.15) is 18.1 Å². The molecule has 0 saturated carbocycles. The van der Waals surface area contributed by atoms with Crippen molar-refractivity contribution in [3.63, 3.8) is 0 Å². The molecule has 1 saturated heterocycles. The Balaban J connectivity index is 1.21. The summed E-state index contributed by atoms with van der Waals surface area (Å²) in [7, 11) is 2.19. The molecular weight excluding hydrogens is 508 g/mol. The van der Waals surface area contributed by atoms with Crippen molar-refractivity contribution < 1.29 is 4.74 Å². The lowest BCUT2D eigenvalue weighted by Crippen LogP contribution is -2.44. The van der Waals surface area contributed by atoms with Crippen molar-refractivity contribution in [2.24, 2.45) is 5.10 Å². The van der Waals surface area contributed by atoms with Crippen molar-refractivity contribution in [2.75, 3.05) is 38.1 Å². The van der Waals surface area contributed by atoms with Gasteiger partial charge in [0.2, 0.25) is 0 Å². The lowest BCUT2D eigenvalue weighted by atomic mass is 9.98. The first-order chi connectivity index (χ1) is 20.1. The molecular formula is C34H34N6O. The molecule has 2 aliphatic rings. The van der Waals surface area contributed by atoms with Gasteiger partial charge in [0.15, 0.2) is 0 Å². The average Bonchev–Trinajstić information content (AvgIpc) is 3.45. The van der Waals surface area contributed by atoms with E-state index in [0.29, 0.717) is 13.2 Å². The molecule has 5 aromatic rings. The molecule has 206 valence electrons. The van der Waals surface area contributed by atoms with Crippen LogP contribution in [0, 0.1) is 6.92 Å². The zero-order valence-electron chi connectivity index (χ0n) is 23.5. The minimum atomic E-state index is 0.533. The largest absolute Gasteiger partial charge is 0.489 e. The molecule has 0 spiro atoms.